The topological polar surface area (TPSA) is 78.2 Å². The Morgan fingerprint density at radius 2 is 1.76 bits per heavy atom. The fraction of sp³-hybridized carbons (Fsp3) is 0.263. The van der Waals surface area contributed by atoms with Gasteiger partial charge >= 0.3 is 0 Å². The molecule has 25 heavy (non-hydrogen) atoms. The Balaban J connectivity index is 1.86. The summed E-state index contributed by atoms with van der Waals surface area (Å²) in [6.45, 7) is 0.510. The number of hydrogen-bond donors (Lipinski definition) is 0. The van der Waals surface area contributed by atoms with Crippen LogP contribution in [-0.2, 0) is 10.0 Å². The molecule has 1 fully saturated rings. The minimum Gasteiger partial charge on any atom is -0.294 e. The smallest absolute Gasteiger partial charge is 0.244 e. The Morgan fingerprint density at radius 1 is 1.08 bits per heavy atom. The second kappa shape index (κ2) is 7.18. The summed E-state index contributed by atoms with van der Waals surface area (Å²) in [5, 5.41) is 9.18. The molecule has 1 atom stereocenters. The van der Waals surface area contributed by atoms with Crippen LogP contribution in [0.25, 0.3) is 0 Å². The SMILES string of the molecule is N#Cc1ccccc1S(=O)(=O)N1CCCC(C(=O)c2ccccc2)C1. The van der Waals surface area contributed by atoms with Crippen LogP contribution in [0, 0.1) is 17.2 Å². The number of ketones is 1. The lowest BCUT2D eigenvalue weighted by molar-refractivity contribution is 0.0872. The van der Waals surface area contributed by atoms with Crippen molar-refractivity contribution in [2.45, 2.75) is 17.7 Å². The highest BCUT2D eigenvalue weighted by molar-refractivity contribution is 7.89. The summed E-state index contributed by atoms with van der Waals surface area (Å²) >= 11 is 0. The highest BCUT2D eigenvalue weighted by Gasteiger charge is 2.34. The summed E-state index contributed by atoms with van der Waals surface area (Å²) in [7, 11) is -3.79. The zero-order valence-corrected chi connectivity index (χ0v) is 14.4. The van der Waals surface area contributed by atoms with Gasteiger partial charge < -0.3 is 0 Å². The number of nitriles is 1. The van der Waals surface area contributed by atoms with Gasteiger partial charge in [-0.25, -0.2) is 8.42 Å². The van der Waals surface area contributed by atoms with Crippen LogP contribution in [-0.4, -0.2) is 31.6 Å². The van der Waals surface area contributed by atoms with Gasteiger partial charge in [-0.3, -0.25) is 4.79 Å². The van der Waals surface area contributed by atoms with Crippen molar-refractivity contribution < 1.29 is 13.2 Å². The summed E-state index contributed by atoms with van der Waals surface area (Å²) < 4.78 is 27.2. The third-order valence-electron chi connectivity index (χ3n) is 4.44. The molecule has 1 aliphatic heterocycles. The lowest BCUT2D eigenvalue weighted by Gasteiger charge is -2.31. The van der Waals surface area contributed by atoms with Gasteiger partial charge in [0.15, 0.2) is 5.78 Å². The minimum atomic E-state index is -3.79. The summed E-state index contributed by atoms with van der Waals surface area (Å²) in [5.41, 5.74) is 0.725. The standard InChI is InChI=1S/C19H18N2O3S/c20-13-16-9-4-5-11-18(16)25(23,24)21-12-6-10-17(14-21)19(22)15-7-2-1-3-8-15/h1-5,7-9,11,17H,6,10,12,14H2. The van der Waals surface area contributed by atoms with E-state index >= 15 is 0 Å². The normalized spacial score (nSPS) is 18.4. The van der Waals surface area contributed by atoms with Crippen molar-refractivity contribution >= 4 is 15.8 Å². The number of carbonyl (C=O) groups is 1. The minimum absolute atomic E-state index is 0.00492. The molecule has 6 heteroatoms. The van der Waals surface area contributed by atoms with E-state index in [-0.39, 0.29) is 28.7 Å². The van der Waals surface area contributed by atoms with Crippen molar-refractivity contribution in [2.75, 3.05) is 13.1 Å². The van der Waals surface area contributed by atoms with E-state index in [1.165, 1.54) is 16.4 Å². The quantitative estimate of drug-likeness (QED) is 0.791. The van der Waals surface area contributed by atoms with E-state index in [2.05, 4.69) is 0 Å². The lowest BCUT2D eigenvalue weighted by Crippen LogP contribution is -2.42. The highest BCUT2D eigenvalue weighted by atomic mass is 32.2. The zero-order valence-electron chi connectivity index (χ0n) is 13.6. The number of sulfonamides is 1. The molecule has 1 unspecified atom stereocenters. The van der Waals surface area contributed by atoms with Gasteiger partial charge in [0.2, 0.25) is 10.0 Å². The average molecular weight is 354 g/mol. The third kappa shape index (κ3) is 3.48. The second-order valence-corrected chi connectivity index (χ2v) is 7.95. The van der Waals surface area contributed by atoms with E-state index in [1.54, 1.807) is 36.4 Å². The molecule has 0 bridgehead atoms. The Morgan fingerprint density at radius 3 is 2.48 bits per heavy atom. The van der Waals surface area contributed by atoms with Crippen LogP contribution in [0.5, 0.6) is 0 Å². The van der Waals surface area contributed by atoms with Gasteiger partial charge in [0.25, 0.3) is 0 Å². The molecule has 3 rings (SSSR count). The molecule has 0 spiro atoms. The molecule has 0 saturated carbocycles. The average Bonchev–Trinajstić information content (AvgIpc) is 2.68. The first-order valence-corrected chi connectivity index (χ1v) is 9.56. The van der Waals surface area contributed by atoms with Crippen molar-refractivity contribution in [3.8, 4) is 6.07 Å². The molecule has 128 valence electrons. The highest BCUT2D eigenvalue weighted by Crippen LogP contribution is 2.27. The molecule has 2 aromatic rings. The molecule has 0 amide bonds. The van der Waals surface area contributed by atoms with Crippen LogP contribution in [0.1, 0.15) is 28.8 Å². The van der Waals surface area contributed by atoms with E-state index in [4.69, 9.17) is 0 Å². The molecule has 5 nitrogen and oxygen atoms in total. The molecule has 1 heterocycles. The molecular formula is C19H18N2O3S. The largest absolute Gasteiger partial charge is 0.294 e. The Bertz CT molecular complexity index is 917. The maximum absolute atomic E-state index is 12.9. The molecule has 2 aromatic carbocycles. The van der Waals surface area contributed by atoms with Gasteiger partial charge in [-0.05, 0) is 25.0 Å². The van der Waals surface area contributed by atoms with E-state index < -0.39 is 10.0 Å². The molecule has 0 aromatic heterocycles. The first-order chi connectivity index (χ1) is 12.0. The number of Topliss-reactive ketones (excluding diaryl/α,β-unsaturated/α-hetero) is 1. The van der Waals surface area contributed by atoms with Gasteiger partial charge in [-0.1, -0.05) is 42.5 Å². The fourth-order valence-corrected chi connectivity index (χ4v) is 4.80. The zero-order chi connectivity index (χ0) is 17.9. The molecule has 0 N–H and O–H groups in total. The van der Waals surface area contributed by atoms with Crippen LogP contribution in [0.4, 0.5) is 0 Å². The van der Waals surface area contributed by atoms with Gasteiger partial charge in [0.1, 0.15) is 6.07 Å². The van der Waals surface area contributed by atoms with Crippen LogP contribution < -0.4 is 0 Å². The molecule has 0 radical (unpaired) electrons. The van der Waals surface area contributed by atoms with E-state index in [9.17, 15) is 18.5 Å². The van der Waals surface area contributed by atoms with Crippen LogP contribution in [0.3, 0.4) is 0 Å². The number of hydrogen-bond acceptors (Lipinski definition) is 4. The first kappa shape index (κ1) is 17.3. The Labute approximate surface area is 147 Å². The van der Waals surface area contributed by atoms with Gasteiger partial charge in [0, 0.05) is 24.6 Å². The number of nitrogens with zero attached hydrogens (tertiary/aromatic N) is 2. The maximum Gasteiger partial charge on any atom is 0.244 e. The number of benzene rings is 2. The Kier molecular flexibility index (Phi) is 4.98. The van der Waals surface area contributed by atoms with Crippen LogP contribution in [0.2, 0.25) is 0 Å². The van der Waals surface area contributed by atoms with E-state index in [0.717, 1.165) is 0 Å². The summed E-state index contributed by atoms with van der Waals surface area (Å²) in [6.07, 6.45) is 1.29. The summed E-state index contributed by atoms with van der Waals surface area (Å²) in [5.74, 6) is -0.394. The molecular weight excluding hydrogens is 336 g/mol. The monoisotopic (exact) mass is 354 g/mol. The van der Waals surface area contributed by atoms with Crippen molar-refractivity contribution in [1.29, 1.82) is 5.26 Å². The lowest BCUT2D eigenvalue weighted by atomic mass is 9.91. The van der Waals surface area contributed by atoms with Gasteiger partial charge in [-0.2, -0.15) is 9.57 Å². The van der Waals surface area contributed by atoms with E-state index in [1.807, 2.05) is 12.1 Å². The maximum atomic E-state index is 12.9. The second-order valence-electron chi connectivity index (χ2n) is 6.04. The third-order valence-corrected chi connectivity index (χ3v) is 6.36. The van der Waals surface area contributed by atoms with Gasteiger partial charge in [0.05, 0.1) is 10.5 Å². The number of carbonyl (C=O) groups excluding carboxylic acids is 1. The van der Waals surface area contributed by atoms with Gasteiger partial charge in [-0.15, -0.1) is 0 Å². The number of piperidine rings is 1. The molecule has 1 saturated heterocycles. The molecule has 0 aliphatic carbocycles. The summed E-state index contributed by atoms with van der Waals surface area (Å²) in [6, 6.07) is 17.0. The number of rotatable bonds is 4. The van der Waals surface area contributed by atoms with E-state index in [0.29, 0.717) is 24.9 Å². The van der Waals surface area contributed by atoms with Crippen molar-refractivity contribution in [2.24, 2.45) is 5.92 Å². The van der Waals surface area contributed by atoms with Crippen molar-refractivity contribution in [3.63, 3.8) is 0 Å². The molecule has 1 aliphatic rings. The van der Waals surface area contributed by atoms with Crippen LogP contribution in [0.15, 0.2) is 59.5 Å². The summed E-state index contributed by atoms with van der Waals surface area (Å²) in [4.78, 5) is 12.7. The fourth-order valence-electron chi connectivity index (χ4n) is 3.14. The van der Waals surface area contributed by atoms with Crippen molar-refractivity contribution in [3.05, 3.63) is 65.7 Å². The predicted molar refractivity (Wildman–Crippen MR) is 93.4 cm³/mol. The Hall–Kier alpha value is -2.49. The predicted octanol–water partition coefficient (Wildman–Crippen LogP) is 2.84. The van der Waals surface area contributed by atoms with Crippen molar-refractivity contribution in [1.82, 2.24) is 4.31 Å². The first-order valence-electron chi connectivity index (χ1n) is 8.12. The van der Waals surface area contributed by atoms with Crippen LogP contribution >= 0.6 is 0 Å².